The van der Waals surface area contributed by atoms with Crippen LogP contribution in [0.4, 0.5) is 10.5 Å². The Morgan fingerprint density at radius 1 is 0.969 bits per heavy atom. The van der Waals surface area contributed by atoms with Gasteiger partial charge in [0.15, 0.2) is 5.82 Å². The molecule has 0 radical (unpaired) electrons. The van der Waals surface area contributed by atoms with Gasteiger partial charge in [0.2, 0.25) is 0 Å². The fourth-order valence-electron chi connectivity index (χ4n) is 3.88. The molecule has 0 bridgehead atoms. The summed E-state index contributed by atoms with van der Waals surface area (Å²) >= 11 is 0. The van der Waals surface area contributed by atoms with E-state index in [9.17, 15) is 9.59 Å². The van der Waals surface area contributed by atoms with E-state index in [1.54, 1.807) is 24.3 Å². The number of hydrogen-bond acceptors (Lipinski definition) is 4. The largest absolute Gasteiger partial charge is 0.339 e. The molecule has 2 heterocycles. The Hall–Kier alpha value is -3.68. The Morgan fingerprint density at radius 2 is 1.66 bits per heavy atom. The van der Waals surface area contributed by atoms with Crippen LogP contribution in [0, 0.1) is 6.92 Å². The Morgan fingerprint density at radius 3 is 2.28 bits per heavy atom. The number of rotatable bonds is 5. The first-order valence-corrected chi connectivity index (χ1v) is 11.0. The summed E-state index contributed by atoms with van der Waals surface area (Å²) in [5.41, 5.74) is 2.11. The number of benzene rings is 2. The molecule has 1 fully saturated rings. The highest BCUT2D eigenvalue weighted by Gasteiger charge is 2.21. The standard InChI is InChI=1S/C24H28N6O2/c1-17-25-22(29-28-17)21(18-9-5-4-6-10-18)27-24(32)26-20-13-11-19(12-14-20)23(31)30-15-7-2-3-8-16-30/h4-6,9-14,21H,2-3,7-8,15-16H2,1H3,(H,25,28,29)(H2,26,27,32). The first-order chi connectivity index (χ1) is 15.6. The maximum Gasteiger partial charge on any atom is 0.320 e. The summed E-state index contributed by atoms with van der Waals surface area (Å²) in [5, 5.41) is 12.8. The zero-order chi connectivity index (χ0) is 22.3. The van der Waals surface area contributed by atoms with Gasteiger partial charge in [-0.05, 0) is 49.6 Å². The molecule has 3 aromatic rings. The summed E-state index contributed by atoms with van der Waals surface area (Å²) in [6.07, 6.45) is 4.47. The molecule has 32 heavy (non-hydrogen) atoms. The summed E-state index contributed by atoms with van der Waals surface area (Å²) in [5.74, 6) is 1.21. The number of nitrogens with zero attached hydrogens (tertiary/aromatic N) is 3. The number of carbonyl (C=O) groups excluding carboxylic acids is 2. The van der Waals surface area contributed by atoms with Crippen molar-refractivity contribution in [2.75, 3.05) is 18.4 Å². The second-order valence-electron chi connectivity index (χ2n) is 8.00. The number of aromatic nitrogens is 3. The quantitative estimate of drug-likeness (QED) is 0.566. The van der Waals surface area contributed by atoms with Crippen molar-refractivity contribution < 1.29 is 9.59 Å². The third-order valence-corrected chi connectivity index (χ3v) is 5.56. The molecular formula is C24H28N6O2. The summed E-state index contributed by atoms with van der Waals surface area (Å²) in [4.78, 5) is 31.8. The highest BCUT2D eigenvalue weighted by molar-refractivity contribution is 5.95. The van der Waals surface area contributed by atoms with Gasteiger partial charge >= 0.3 is 6.03 Å². The lowest BCUT2D eigenvalue weighted by atomic mass is 10.1. The van der Waals surface area contributed by atoms with Crippen molar-refractivity contribution in [3.63, 3.8) is 0 Å². The first-order valence-electron chi connectivity index (χ1n) is 11.0. The maximum absolute atomic E-state index is 12.8. The second-order valence-corrected chi connectivity index (χ2v) is 8.00. The van der Waals surface area contributed by atoms with Crippen molar-refractivity contribution in [2.24, 2.45) is 0 Å². The van der Waals surface area contributed by atoms with Crippen LogP contribution in [-0.2, 0) is 0 Å². The number of hydrogen-bond donors (Lipinski definition) is 3. The summed E-state index contributed by atoms with van der Waals surface area (Å²) < 4.78 is 0. The van der Waals surface area contributed by atoms with Crippen molar-refractivity contribution >= 4 is 17.6 Å². The summed E-state index contributed by atoms with van der Waals surface area (Å²) in [7, 11) is 0. The lowest BCUT2D eigenvalue weighted by Crippen LogP contribution is -2.34. The van der Waals surface area contributed by atoms with Crippen molar-refractivity contribution in [3.8, 4) is 0 Å². The van der Waals surface area contributed by atoms with E-state index < -0.39 is 6.04 Å². The van der Waals surface area contributed by atoms with Gasteiger partial charge in [0.1, 0.15) is 11.9 Å². The van der Waals surface area contributed by atoms with Gasteiger partial charge in [0.05, 0.1) is 0 Å². The average molecular weight is 433 g/mol. The normalized spacial score (nSPS) is 15.0. The molecule has 8 heteroatoms. The molecule has 1 aliphatic heterocycles. The number of aromatic amines is 1. The third-order valence-electron chi connectivity index (χ3n) is 5.56. The van der Waals surface area contributed by atoms with Crippen LogP contribution in [0.15, 0.2) is 54.6 Å². The van der Waals surface area contributed by atoms with E-state index in [2.05, 4.69) is 25.8 Å². The van der Waals surface area contributed by atoms with Gasteiger partial charge in [0.25, 0.3) is 5.91 Å². The molecular weight excluding hydrogens is 404 g/mol. The topological polar surface area (TPSA) is 103 Å². The van der Waals surface area contributed by atoms with E-state index in [1.807, 2.05) is 42.2 Å². The van der Waals surface area contributed by atoms with Gasteiger partial charge in [0, 0.05) is 24.3 Å². The van der Waals surface area contributed by atoms with Crippen LogP contribution < -0.4 is 10.6 Å². The average Bonchev–Trinajstić information content (AvgIpc) is 3.07. The van der Waals surface area contributed by atoms with Crippen molar-refractivity contribution in [3.05, 3.63) is 77.4 Å². The Kier molecular flexibility index (Phi) is 6.79. The Bertz CT molecular complexity index is 1040. The number of anilines is 1. The number of carbonyl (C=O) groups is 2. The predicted octanol–water partition coefficient (Wildman–Crippen LogP) is 4.04. The molecule has 1 atom stereocenters. The molecule has 166 valence electrons. The van der Waals surface area contributed by atoms with Crippen molar-refractivity contribution in [1.82, 2.24) is 25.4 Å². The molecule has 4 rings (SSSR count). The molecule has 0 aliphatic carbocycles. The van der Waals surface area contributed by atoms with E-state index in [4.69, 9.17) is 0 Å². The molecule has 1 aliphatic rings. The van der Waals surface area contributed by atoms with Crippen LogP contribution in [0.2, 0.25) is 0 Å². The molecule has 3 N–H and O–H groups in total. The molecule has 1 unspecified atom stereocenters. The lowest BCUT2D eigenvalue weighted by Gasteiger charge is -2.20. The van der Waals surface area contributed by atoms with E-state index in [-0.39, 0.29) is 11.9 Å². The van der Waals surface area contributed by atoms with E-state index in [0.717, 1.165) is 31.5 Å². The number of nitrogens with one attached hydrogen (secondary N) is 3. The van der Waals surface area contributed by atoms with Crippen LogP contribution >= 0.6 is 0 Å². The predicted molar refractivity (Wildman–Crippen MR) is 122 cm³/mol. The smallest absolute Gasteiger partial charge is 0.320 e. The van der Waals surface area contributed by atoms with Gasteiger partial charge in [-0.2, -0.15) is 5.10 Å². The van der Waals surface area contributed by atoms with Crippen LogP contribution in [0.1, 0.15) is 59.3 Å². The van der Waals surface area contributed by atoms with Gasteiger partial charge in [-0.15, -0.1) is 0 Å². The summed E-state index contributed by atoms with van der Waals surface area (Å²) in [6, 6.07) is 15.7. The van der Waals surface area contributed by atoms with Crippen LogP contribution in [0.3, 0.4) is 0 Å². The maximum atomic E-state index is 12.8. The van der Waals surface area contributed by atoms with Gasteiger partial charge in [-0.1, -0.05) is 43.2 Å². The van der Waals surface area contributed by atoms with Crippen LogP contribution in [-0.4, -0.2) is 45.1 Å². The Balaban J connectivity index is 1.42. The molecule has 0 saturated carbocycles. The number of H-pyrrole nitrogens is 1. The zero-order valence-corrected chi connectivity index (χ0v) is 18.2. The van der Waals surface area contributed by atoms with E-state index in [1.165, 1.54) is 12.8 Å². The minimum Gasteiger partial charge on any atom is -0.339 e. The van der Waals surface area contributed by atoms with Crippen LogP contribution in [0.25, 0.3) is 0 Å². The first kappa shape index (κ1) is 21.5. The molecule has 8 nitrogen and oxygen atoms in total. The van der Waals surface area contributed by atoms with Gasteiger partial charge in [-0.3, -0.25) is 9.89 Å². The molecule has 2 aromatic carbocycles. The van der Waals surface area contributed by atoms with E-state index >= 15 is 0 Å². The number of aryl methyl sites for hydroxylation is 1. The SMILES string of the molecule is Cc1nc(C(NC(=O)Nc2ccc(C(=O)N3CCCCCC3)cc2)c2ccccc2)n[nH]1. The fourth-order valence-corrected chi connectivity index (χ4v) is 3.88. The van der Waals surface area contributed by atoms with Gasteiger partial charge < -0.3 is 15.5 Å². The van der Waals surface area contributed by atoms with Crippen LogP contribution in [0.5, 0.6) is 0 Å². The van der Waals surface area contributed by atoms with Gasteiger partial charge in [-0.25, -0.2) is 9.78 Å². The Labute approximate surface area is 187 Å². The lowest BCUT2D eigenvalue weighted by molar-refractivity contribution is 0.0761. The molecule has 3 amide bonds. The zero-order valence-electron chi connectivity index (χ0n) is 18.2. The fraction of sp³-hybridized carbons (Fsp3) is 0.333. The highest BCUT2D eigenvalue weighted by atomic mass is 16.2. The number of amides is 3. The van der Waals surface area contributed by atoms with E-state index in [0.29, 0.717) is 22.9 Å². The minimum atomic E-state index is -0.495. The van der Waals surface area contributed by atoms with Crippen molar-refractivity contribution in [1.29, 1.82) is 0 Å². The molecule has 0 spiro atoms. The number of urea groups is 1. The second kappa shape index (κ2) is 10.1. The third kappa shape index (κ3) is 5.32. The highest BCUT2D eigenvalue weighted by Crippen LogP contribution is 2.20. The monoisotopic (exact) mass is 432 g/mol. The summed E-state index contributed by atoms with van der Waals surface area (Å²) in [6.45, 7) is 3.43. The van der Waals surface area contributed by atoms with Crippen molar-refractivity contribution in [2.45, 2.75) is 38.6 Å². The molecule has 1 saturated heterocycles. The minimum absolute atomic E-state index is 0.0482. The number of likely N-dealkylation sites (tertiary alicyclic amines) is 1. The molecule has 1 aromatic heterocycles.